The summed E-state index contributed by atoms with van der Waals surface area (Å²) in [7, 11) is 2.11. The second-order valence-corrected chi connectivity index (χ2v) is 6.65. The zero-order valence-corrected chi connectivity index (χ0v) is 13.1. The normalized spacial score (nSPS) is 30.9. The molecule has 4 N–H and O–H groups in total. The first-order valence-electron chi connectivity index (χ1n) is 7.99. The summed E-state index contributed by atoms with van der Waals surface area (Å²) in [5.41, 5.74) is 5.06. The molecule has 1 saturated heterocycles. The van der Waals surface area contributed by atoms with Crippen molar-refractivity contribution in [2.45, 2.75) is 64.0 Å². The minimum absolute atomic E-state index is 0.0562. The molecule has 2 atom stereocenters. The summed E-state index contributed by atoms with van der Waals surface area (Å²) in [6.45, 7) is 3.17. The van der Waals surface area contributed by atoms with Crippen molar-refractivity contribution in [1.82, 2.24) is 10.2 Å². The van der Waals surface area contributed by atoms with Gasteiger partial charge in [0.1, 0.15) is 5.41 Å². The second-order valence-electron chi connectivity index (χ2n) is 6.65. The zero-order valence-electron chi connectivity index (χ0n) is 13.1. The molecule has 6 heteroatoms. The Kier molecular flexibility index (Phi) is 5.08. The summed E-state index contributed by atoms with van der Waals surface area (Å²) < 4.78 is 0. The molecule has 0 aromatic rings. The predicted molar refractivity (Wildman–Crippen MR) is 82.2 cm³/mol. The molecular formula is C15H28N4O2. The van der Waals surface area contributed by atoms with E-state index >= 15 is 0 Å². The fraction of sp³-hybridized carbons (Fsp3) is 0.867. The van der Waals surface area contributed by atoms with Crippen LogP contribution >= 0.6 is 0 Å². The molecule has 21 heavy (non-hydrogen) atoms. The molecule has 2 rings (SSSR count). The summed E-state index contributed by atoms with van der Waals surface area (Å²) in [4.78, 5) is 15.1. The van der Waals surface area contributed by atoms with Crippen molar-refractivity contribution in [1.29, 1.82) is 0 Å². The second kappa shape index (κ2) is 6.64. The smallest absolute Gasteiger partial charge is 0.234 e. The number of hydrogen-bond acceptors (Lipinski definition) is 4. The number of amides is 1. The highest BCUT2D eigenvalue weighted by atomic mass is 16.4. The van der Waals surface area contributed by atoms with Gasteiger partial charge < -0.3 is 21.2 Å². The van der Waals surface area contributed by atoms with Crippen molar-refractivity contribution in [3.63, 3.8) is 0 Å². The summed E-state index contributed by atoms with van der Waals surface area (Å²) >= 11 is 0. The standard InChI is InChI=1S/C15H28N4O2/c1-11-10-12(6-9-19(11)2)17-14(20)15(13(16)18-21)7-4-3-5-8-15/h11-12,21H,3-10H2,1-2H3,(H2,16,18)(H,17,20). The summed E-state index contributed by atoms with van der Waals surface area (Å²) in [5, 5.41) is 15.4. The molecule has 2 unspecified atom stereocenters. The van der Waals surface area contributed by atoms with Crippen LogP contribution in [0.4, 0.5) is 0 Å². The largest absolute Gasteiger partial charge is 0.409 e. The first kappa shape index (κ1) is 16.1. The number of rotatable bonds is 3. The van der Waals surface area contributed by atoms with Gasteiger partial charge in [-0.15, -0.1) is 0 Å². The van der Waals surface area contributed by atoms with E-state index < -0.39 is 5.41 Å². The van der Waals surface area contributed by atoms with Crippen LogP contribution in [0, 0.1) is 5.41 Å². The lowest BCUT2D eigenvalue weighted by molar-refractivity contribution is -0.130. The molecule has 1 aliphatic carbocycles. The highest BCUT2D eigenvalue weighted by Gasteiger charge is 2.44. The Bertz CT molecular complexity index is 404. The van der Waals surface area contributed by atoms with Crippen LogP contribution in [0.25, 0.3) is 0 Å². The van der Waals surface area contributed by atoms with E-state index in [2.05, 4.69) is 29.3 Å². The molecule has 0 spiro atoms. The number of nitrogens with two attached hydrogens (primary N) is 1. The fourth-order valence-electron chi connectivity index (χ4n) is 3.59. The van der Waals surface area contributed by atoms with Gasteiger partial charge in [0.15, 0.2) is 5.84 Å². The van der Waals surface area contributed by atoms with Crippen LogP contribution in [0.1, 0.15) is 51.9 Å². The van der Waals surface area contributed by atoms with Gasteiger partial charge in [-0.3, -0.25) is 4.79 Å². The van der Waals surface area contributed by atoms with Crippen molar-refractivity contribution in [3.8, 4) is 0 Å². The third-order valence-electron chi connectivity index (χ3n) is 5.28. The molecule has 0 aromatic heterocycles. The molecular weight excluding hydrogens is 268 g/mol. The van der Waals surface area contributed by atoms with E-state index in [4.69, 9.17) is 10.9 Å². The minimum atomic E-state index is -0.806. The van der Waals surface area contributed by atoms with Gasteiger partial charge in [-0.25, -0.2) is 0 Å². The molecule has 0 aromatic carbocycles. The fourth-order valence-corrected chi connectivity index (χ4v) is 3.59. The van der Waals surface area contributed by atoms with E-state index in [1.54, 1.807) is 0 Å². The van der Waals surface area contributed by atoms with Crippen LogP contribution in [0.15, 0.2) is 5.16 Å². The molecule has 120 valence electrons. The number of piperidine rings is 1. The quantitative estimate of drug-likeness (QED) is 0.317. The SMILES string of the molecule is CC1CC(NC(=O)C2(C(N)=NO)CCCCC2)CCN1C. The number of carbonyl (C=O) groups excluding carboxylic acids is 1. The summed E-state index contributed by atoms with van der Waals surface area (Å²) in [6.07, 6.45) is 6.28. The van der Waals surface area contributed by atoms with E-state index in [0.717, 1.165) is 38.6 Å². The predicted octanol–water partition coefficient (Wildman–Crippen LogP) is 1.28. The molecule has 1 amide bonds. The maximum atomic E-state index is 12.8. The number of amidine groups is 1. The Morgan fingerprint density at radius 3 is 2.62 bits per heavy atom. The van der Waals surface area contributed by atoms with Crippen LogP contribution < -0.4 is 11.1 Å². The Morgan fingerprint density at radius 2 is 2.05 bits per heavy atom. The highest BCUT2D eigenvalue weighted by Crippen LogP contribution is 2.37. The third kappa shape index (κ3) is 3.31. The maximum absolute atomic E-state index is 12.8. The maximum Gasteiger partial charge on any atom is 0.234 e. The lowest BCUT2D eigenvalue weighted by atomic mass is 9.72. The molecule has 1 saturated carbocycles. The van der Waals surface area contributed by atoms with E-state index in [9.17, 15) is 4.79 Å². The third-order valence-corrected chi connectivity index (χ3v) is 5.28. The molecule has 0 radical (unpaired) electrons. The molecule has 0 bridgehead atoms. The number of oxime groups is 1. The van der Waals surface area contributed by atoms with Gasteiger partial charge >= 0.3 is 0 Å². The van der Waals surface area contributed by atoms with Crippen LogP contribution in [0.3, 0.4) is 0 Å². The van der Waals surface area contributed by atoms with Crippen LogP contribution in [-0.4, -0.2) is 47.5 Å². The van der Waals surface area contributed by atoms with Gasteiger partial charge in [0.2, 0.25) is 5.91 Å². The van der Waals surface area contributed by atoms with Crippen LogP contribution in [0.2, 0.25) is 0 Å². The van der Waals surface area contributed by atoms with Crippen LogP contribution in [-0.2, 0) is 4.79 Å². The summed E-state index contributed by atoms with van der Waals surface area (Å²) in [6, 6.07) is 0.657. The van der Waals surface area contributed by atoms with E-state index in [0.29, 0.717) is 18.9 Å². The number of nitrogens with zero attached hydrogens (tertiary/aromatic N) is 2. The van der Waals surface area contributed by atoms with Gasteiger partial charge in [0, 0.05) is 18.6 Å². The van der Waals surface area contributed by atoms with Crippen molar-refractivity contribution < 1.29 is 10.0 Å². The minimum Gasteiger partial charge on any atom is -0.409 e. The monoisotopic (exact) mass is 296 g/mol. The Morgan fingerprint density at radius 1 is 1.38 bits per heavy atom. The van der Waals surface area contributed by atoms with E-state index in [1.165, 1.54) is 0 Å². The molecule has 1 aliphatic heterocycles. The molecule has 1 heterocycles. The summed E-state index contributed by atoms with van der Waals surface area (Å²) in [5.74, 6) is 0.0138. The van der Waals surface area contributed by atoms with Crippen molar-refractivity contribution in [2.75, 3.05) is 13.6 Å². The Hall–Kier alpha value is -1.30. The molecule has 6 nitrogen and oxygen atoms in total. The lowest BCUT2D eigenvalue weighted by Crippen LogP contribution is -2.55. The zero-order chi connectivity index (χ0) is 15.5. The average molecular weight is 296 g/mol. The van der Waals surface area contributed by atoms with Gasteiger partial charge in [-0.2, -0.15) is 0 Å². The van der Waals surface area contributed by atoms with Gasteiger partial charge in [0.05, 0.1) is 0 Å². The molecule has 2 aliphatic rings. The van der Waals surface area contributed by atoms with Crippen molar-refractivity contribution >= 4 is 11.7 Å². The van der Waals surface area contributed by atoms with Gasteiger partial charge in [-0.05, 0) is 39.7 Å². The van der Waals surface area contributed by atoms with E-state index in [-0.39, 0.29) is 17.8 Å². The Balaban J connectivity index is 2.05. The first-order chi connectivity index (χ1) is 9.99. The van der Waals surface area contributed by atoms with Crippen molar-refractivity contribution in [2.24, 2.45) is 16.3 Å². The highest BCUT2D eigenvalue weighted by molar-refractivity contribution is 6.06. The number of likely N-dealkylation sites (tertiary alicyclic amines) is 1. The molecule has 2 fully saturated rings. The van der Waals surface area contributed by atoms with Gasteiger partial charge in [0.25, 0.3) is 0 Å². The topological polar surface area (TPSA) is 91.0 Å². The first-order valence-corrected chi connectivity index (χ1v) is 7.99. The van der Waals surface area contributed by atoms with Gasteiger partial charge in [-0.1, -0.05) is 24.4 Å². The Labute approximate surface area is 126 Å². The average Bonchev–Trinajstić information content (AvgIpc) is 2.50. The number of nitrogens with one attached hydrogen (secondary N) is 1. The van der Waals surface area contributed by atoms with E-state index in [1.807, 2.05) is 0 Å². The lowest BCUT2D eigenvalue weighted by Gasteiger charge is -2.39. The van der Waals surface area contributed by atoms with Crippen molar-refractivity contribution in [3.05, 3.63) is 0 Å². The number of carbonyl (C=O) groups is 1. The number of hydrogen-bond donors (Lipinski definition) is 3. The van der Waals surface area contributed by atoms with Crippen LogP contribution in [0.5, 0.6) is 0 Å².